The van der Waals surface area contributed by atoms with Crippen LogP contribution >= 0.6 is 11.3 Å². The molecule has 0 unspecified atom stereocenters. The number of benzene rings is 7. The zero-order valence-corrected chi connectivity index (χ0v) is 26.3. The van der Waals surface area contributed by atoms with Gasteiger partial charge in [0.25, 0.3) is 0 Å². The van der Waals surface area contributed by atoms with Crippen molar-refractivity contribution in [2.24, 2.45) is 0 Å². The average molecular weight is 620 g/mol. The quantitative estimate of drug-likeness (QED) is 0.184. The van der Waals surface area contributed by atoms with Gasteiger partial charge in [-0.05, 0) is 83.4 Å². The lowest BCUT2D eigenvalue weighted by atomic mass is 9.98. The molecule has 0 fully saturated rings. The number of rotatable bonds is 6. The first-order chi connectivity index (χ1) is 23.3. The van der Waals surface area contributed by atoms with Gasteiger partial charge in [0.2, 0.25) is 0 Å². The van der Waals surface area contributed by atoms with E-state index in [0.29, 0.717) is 0 Å². The summed E-state index contributed by atoms with van der Waals surface area (Å²) in [6.07, 6.45) is 0. The number of hydrogen-bond acceptors (Lipinski definition) is 3. The maximum Gasteiger partial charge on any atom is 0.143 e. The Morgan fingerprint density at radius 3 is 1.68 bits per heavy atom. The van der Waals surface area contributed by atoms with Crippen LogP contribution in [-0.4, -0.2) is 0 Å². The fraction of sp³-hybridized carbons (Fsp3) is 0. The van der Waals surface area contributed by atoms with Crippen LogP contribution in [0.2, 0.25) is 0 Å². The normalized spacial score (nSPS) is 11.4. The molecule has 0 aliphatic carbocycles. The molecule has 0 amide bonds. The number of thiophene rings is 1. The molecule has 7 aromatic carbocycles. The van der Waals surface area contributed by atoms with Gasteiger partial charge < -0.3 is 9.32 Å². The molecule has 0 aliphatic rings. The van der Waals surface area contributed by atoms with Crippen LogP contribution in [0.3, 0.4) is 0 Å². The summed E-state index contributed by atoms with van der Waals surface area (Å²) < 4.78 is 9.14. The fourth-order valence-electron chi connectivity index (χ4n) is 6.63. The second-order valence-corrected chi connectivity index (χ2v) is 12.8. The van der Waals surface area contributed by atoms with Gasteiger partial charge in [0, 0.05) is 53.7 Å². The highest BCUT2D eigenvalue weighted by Gasteiger charge is 2.19. The Morgan fingerprint density at radius 2 is 0.936 bits per heavy atom. The third-order valence-electron chi connectivity index (χ3n) is 8.90. The summed E-state index contributed by atoms with van der Waals surface area (Å²) in [6, 6.07) is 62.4. The SMILES string of the molecule is c1ccc(-c2c(-c3ccc(N(c4ccccc4)c4ccc(-c5ccc6c(c5)sc5ccccc56)cc4)cc3)oc3ccccc23)cc1. The van der Waals surface area contributed by atoms with E-state index in [4.69, 9.17) is 4.42 Å². The molecule has 0 bridgehead atoms. The van der Waals surface area contributed by atoms with Gasteiger partial charge >= 0.3 is 0 Å². The summed E-state index contributed by atoms with van der Waals surface area (Å²) in [4.78, 5) is 2.31. The van der Waals surface area contributed by atoms with Crippen molar-refractivity contribution in [3.8, 4) is 33.6 Å². The summed E-state index contributed by atoms with van der Waals surface area (Å²) in [6.45, 7) is 0. The van der Waals surface area contributed by atoms with E-state index in [1.54, 1.807) is 0 Å². The molecule has 0 saturated heterocycles. The molecule has 222 valence electrons. The van der Waals surface area contributed by atoms with E-state index in [9.17, 15) is 0 Å². The van der Waals surface area contributed by atoms with Gasteiger partial charge in [-0.25, -0.2) is 0 Å². The van der Waals surface area contributed by atoms with Crippen LogP contribution in [0.1, 0.15) is 0 Å². The number of hydrogen-bond donors (Lipinski definition) is 0. The number of furan rings is 1. The average Bonchev–Trinajstić information content (AvgIpc) is 3.72. The van der Waals surface area contributed by atoms with E-state index in [0.717, 1.165) is 50.5 Å². The molecule has 0 radical (unpaired) electrons. The van der Waals surface area contributed by atoms with Gasteiger partial charge in [-0.3, -0.25) is 0 Å². The van der Waals surface area contributed by atoms with Crippen LogP contribution < -0.4 is 4.90 Å². The Hall–Kier alpha value is -5.90. The van der Waals surface area contributed by atoms with Gasteiger partial charge in [-0.1, -0.05) is 109 Å². The van der Waals surface area contributed by atoms with Crippen molar-refractivity contribution >= 4 is 59.5 Å². The fourth-order valence-corrected chi connectivity index (χ4v) is 7.78. The highest BCUT2D eigenvalue weighted by Crippen LogP contribution is 2.43. The first-order valence-corrected chi connectivity index (χ1v) is 16.7. The van der Waals surface area contributed by atoms with Crippen LogP contribution in [0.5, 0.6) is 0 Å². The topological polar surface area (TPSA) is 16.4 Å². The molecule has 0 saturated carbocycles. The van der Waals surface area contributed by atoms with E-state index in [-0.39, 0.29) is 0 Å². The highest BCUT2D eigenvalue weighted by molar-refractivity contribution is 7.25. The highest BCUT2D eigenvalue weighted by atomic mass is 32.1. The standard InChI is InChI=1S/C44H29NOS/c1-3-11-31(12-4-1)43-39-16-7-9-17-40(39)46-44(43)32-21-26-36(27-22-32)45(34-13-5-2-6-14-34)35-24-19-30(20-25-35)33-23-28-38-37-15-8-10-18-41(37)47-42(38)29-33/h1-29H. The molecular formula is C44H29NOS. The summed E-state index contributed by atoms with van der Waals surface area (Å²) in [5.41, 5.74) is 9.93. The Kier molecular flexibility index (Phi) is 6.69. The minimum Gasteiger partial charge on any atom is -0.455 e. The molecule has 0 aliphatic heterocycles. The van der Waals surface area contributed by atoms with Crippen molar-refractivity contribution in [2.75, 3.05) is 4.90 Å². The molecule has 47 heavy (non-hydrogen) atoms. The summed E-state index contributed by atoms with van der Waals surface area (Å²) in [5, 5.41) is 3.77. The zero-order valence-electron chi connectivity index (χ0n) is 25.5. The summed E-state index contributed by atoms with van der Waals surface area (Å²) in [5.74, 6) is 0.884. The number of nitrogens with zero attached hydrogens (tertiary/aromatic N) is 1. The molecule has 3 heteroatoms. The van der Waals surface area contributed by atoms with Crippen molar-refractivity contribution in [1.82, 2.24) is 0 Å². The lowest BCUT2D eigenvalue weighted by Gasteiger charge is -2.26. The summed E-state index contributed by atoms with van der Waals surface area (Å²) >= 11 is 1.86. The minimum absolute atomic E-state index is 0.884. The monoisotopic (exact) mass is 619 g/mol. The van der Waals surface area contributed by atoms with Crippen LogP contribution in [0.15, 0.2) is 180 Å². The molecule has 2 heterocycles. The van der Waals surface area contributed by atoms with Gasteiger partial charge in [0.05, 0.1) is 0 Å². The molecule has 0 atom stereocenters. The molecule has 2 nitrogen and oxygen atoms in total. The third kappa shape index (κ3) is 4.89. The van der Waals surface area contributed by atoms with Crippen LogP contribution in [-0.2, 0) is 0 Å². The Morgan fingerprint density at radius 1 is 0.383 bits per heavy atom. The predicted octanol–water partition coefficient (Wildman–Crippen LogP) is 13.3. The van der Waals surface area contributed by atoms with Crippen molar-refractivity contribution in [3.05, 3.63) is 176 Å². The molecule has 9 rings (SSSR count). The molecule has 2 aromatic heterocycles. The van der Waals surface area contributed by atoms with Gasteiger partial charge in [0.15, 0.2) is 0 Å². The summed E-state index contributed by atoms with van der Waals surface area (Å²) in [7, 11) is 0. The molecular weight excluding hydrogens is 591 g/mol. The van der Waals surface area contributed by atoms with Crippen molar-refractivity contribution in [3.63, 3.8) is 0 Å². The lowest BCUT2D eigenvalue weighted by molar-refractivity contribution is 0.632. The smallest absolute Gasteiger partial charge is 0.143 e. The largest absolute Gasteiger partial charge is 0.455 e. The van der Waals surface area contributed by atoms with E-state index < -0.39 is 0 Å². The van der Waals surface area contributed by atoms with Gasteiger partial charge in [-0.2, -0.15) is 0 Å². The third-order valence-corrected chi connectivity index (χ3v) is 10.0. The zero-order chi connectivity index (χ0) is 31.2. The van der Waals surface area contributed by atoms with Gasteiger partial charge in [-0.15, -0.1) is 11.3 Å². The molecule has 0 N–H and O–H groups in total. The molecule has 9 aromatic rings. The van der Waals surface area contributed by atoms with Crippen LogP contribution in [0, 0.1) is 0 Å². The van der Waals surface area contributed by atoms with E-state index in [1.807, 2.05) is 23.5 Å². The number of fused-ring (bicyclic) bond motifs is 4. The Balaban J connectivity index is 1.09. The van der Waals surface area contributed by atoms with E-state index in [1.165, 1.54) is 31.3 Å². The Labute approximate surface area is 277 Å². The van der Waals surface area contributed by atoms with Crippen LogP contribution in [0.4, 0.5) is 17.1 Å². The van der Waals surface area contributed by atoms with Crippen molar-refractivity contribution < 1.29 is 4.42 Å². The van der Waals surface area contributed by atoms with Crippen molar-refractivity contribution in [2.45, 2.75) is 0 Å². The Bertz CT molecular complexity index is 2490. The van der Waals surface area contributed by atoms with E-state index >= 15 is 0 Å². The molecule has 0 spiro atoms. The second-order valence-electron chi connectivity index (χ2n) is 11.7. The maximum absolute atomic E-state index is 6.50. The number of anilines is 3. The number of para-hydroxylation sites is 2. The first-order valence-electron chi connectivity index (χ1n) is 15.8. The lowest BCUT2D eigenvalue weighted by Crippen LogP contribution is -2.09. The van der Waals surface area contributed by atoms with Crippen LogP contribution in [0.25, 0.3) is 64.7 Å². The van der Waals surface area contributed by atoms with Gasteiger partial charge in [0.1, 0.15) is 11.3 Å². The second kappa shape index (κ2) is 11.5. The van der Waals surface area contributed by atoms with E-state index in [2.05, 4.69) is 169 Å². The van der Waals surface area contributed by atoms with Crippen molar-refractivity contribution in [1.29, 1.82) is 0 Å². The maximum atomic E-state index is 6.50. The predicted molar refractivity (Wildman–Crippen MR) is 200 cm³/mol. The minimum atomic E-state index is 0.884. The first kappa shape index (κ1) is 27.4.